The molecule has 0 aliphatic heterocycles. The molecule has 1 heterocycles. The lowest BCUT2D eigenvalue weighted by atomic mass is 9.67. The number of fused-ring (bicyclic) bond motifs is 1. The van der Waals surface area contributed by atoms with Crippen LogP contribution < -0.4 is 11.1 Å². The highest BCUT2D eigenvalue weighted by molar-refractivity contribution is 7.21. The largest absolute Gasteiger partial charge is 0.397 e. The molecule has 0 spiro atoms. The third-order valence-electron chi connectivity index (χ3n) is 4.68. The highest BCUT2D eigenvalue weighted by atomic mass is 32.1. The minimum atomic E-state index is -0.335. The van der Waals surface area contributed by atoms with Crippen molar-refractivity contribution in [1.82, 2.24) is 5.32 Å². The van der Waals surface area contributed by atoms with E-state index in [9.17, 15) is 9.18 Å². The van der Waals surface area contributed by atoms with Crippen molar-refractivity contribution in [3.63, 3.8) is 0 Å². The Morgan fingerprint density at radius 3 is 2.86 bits per heavy atom. The zero-order valence-corrected chi connectivity index (χ0v) is 12.9. The van der Waals surface area contributed by atoms with Crippen LogP contribution in [0.25, 0.3) is 10.1 Å². The van der Waals surface area contributed by atoms with Gasteiger partial charge < -0.3 is 11.1 Å². The van der Waals surface area contributed by atoms with Crippen LogP contribution in [-0.2, 0) is 0 Å². The fraction of sp³-hybridized carbons (Fsp3) is 0.438. The van der Waals surface area contributed by atoms with Gasteiger partial charge in [-0.1, -0.05) is 13.3 Å². The number of amides is 1. The number of hydrogen-bond donors (Lipinski definition) is 2. The summed E-state index contributed by atoms with van der Waals surface area (Å²) in [5.41, 5.74) is 6.66. The van der Waals surface area contributed by atoms with Gasteiger partial charge in [0.15, 0.2) is 0 Å². The molecule has 2 aromatic rings. The average molecular weight is 306 g/mol. The summed E-state index contributed by atoms with van der Waals surface area (Å²) in [6.45, 7) is 2.87. The van der Waals surface area contributed by atoms with Crippen LogP contribution >= 0.6 is 11.3 Å². The van der Waals surface area contributed by atoms with E-state index in [0.717, 1.165) is 11.1 Å². The maximum atomic E-state index is 13.3. The molecule has 21 heavy (non-hydrogen) atoms. The molecule has 0 saturated heterocycles. The molecule has 5 heteroatoms. The second kappa shape index (κ2) is 5.30. The van der Waals surface area contributed by atoms with E-state index in [1.807, 2.05) is 0 Å². The van der Waals surface area contributed by atoms with E-state index in [4.69, 9.17) is 5.73 Å². The molecule has 0 unspecified atom stereocenters. The molecular formula is C16H19FN2OS. The number of carbonyl (C=O) groups is 1. The van der Waals surface area contributed by atoms with Crippen molar-refractivity contribution in [2.75, 3.05) is 12.3 Å². The molecule has 1 saturated carbocycles. The maximum absolute atomic E-state index is 13.3. The highest BCUT2D eigenvalue weighted by Gasteiger charge is 2.35. The van der Waals surface area contributed by atoms with Gasteiger partial charge in [-0.15, -0.1) is 11.3 Å². The zero-order valence-electron chi connectivity index (χ0n) is 12.0. The molecule has 1 aromatic carbocycles. The summed E-state index contributed by atoms with van der Waals surface area (Å²) in [6.07, 6.45) is 4.68. The van der Waals surface area contributed by atoms with E-state index < -0.39 is 0 Å². The number of hydrogen-bond acceptors (Lipinski definition) is 3. The van der Waals surface area contributed by atoms with E-state index in [0.29, 0.717) is 22.5 Å². The van der Waals surface area contributed by atoms with Crippen LogP contribution in [0.4, 0.5) is 10.1 Å². The van der Waals surface area contributed by atoms with Crippen LogP contribution in [-0.4, -0.2) is 12.5 Å². The standard InChI is InChI=1S/C16H19FN2OS/c1-2-16(6-3-7-16)9-19-15(20)14-13(18)11-8-10(17)4-5-12(11)21-14/h4-5,8H,2-3,6-7,9,18H2,1H3,(H,19,20). The van der Waals surface area contributed by atoms with E-state index >= 15 is 0 Å². The second-order valence-electron chi connectivity index (χ2n) is 5.88. The van der Waals surface area contributed by atoms with Crippen molar-refractivity contribution in [2.45, 2.75) is 32.6 Å². The van der Waals surface area contributed by atoms with Gasteiger partial charge in [0, 0.05) is 16.6 Å². The Hall–Kier alpha value is -1.62. The summed E-state index contributed by atoms with van der Waals surface area (Å²) in [5, 5.41) is 3.63. The Bertz CT molecular complexity index is 685. The van der Waals surface area contributed by atoms with E-state index in [1.54, 1.807) is 6.07 Å². The Balaban J connectivity index is 1.80. The summed E-state index contributed by atoms with van der Waals surface area (Å²) in [6, 6.07) is 4.44. The zero-order chi connectivity index (χ0) is 15.0. The Kier molecular flexibility index (Phi) is 3.61. The normalized spacial score (nSPS) is 16.7. The Morgan fingerprint density at radius 2 is 2.24 bits per heavy atom. The number of rotatable bonds is 4. The Morgan fingerprint density at radius 1 is 1.48 bits per heavy atom. The number of anilines is 1. The number of nitrogens with one attached hydrogen (secondary N) is 1. The second-order valence-corrected chi connectivity index (χ2v) is 6.93. The first-order valence-corrected chi connectivity index (χ1v) is 8.12. The molecule has 1 amide bonds. The smallest absolute Gasteiger partial charge is 0.263 e. The third-order valence-corrected chi connectivity index (χ3v) is 5.87. The summed E-state index contributed by atoms with van der Waals surface area (Å²) in [5.74, 6) is -0.479. The predicted molar refractivity (Wildman–Crippen MR) is 85.1 cm³/mol. The molecule has 3 N–H and O–H groups in total. The van der Waals surface area contributed by atoms with Crippen molar-refractivity contribution in [3.8, 4) is 0 Å². The first-order chi connectivity index (χ1) is 10.0. The lowest BCUT2D eigenvalue weighted by molar-refractivity contribution is 0.0854. The van der Waals surface area contributed by atoms with Crippen molar-refractivity contribution < 1.29 is 9.18 Å². The van der Waals surface area contributed by atoms with Gasteiger partial charge in [0.2, 0.25) is 0 Å². The number of carbonyl (C=O) groups excluding carboxylic acids is 1. The van der Waals surface area contributed by atoms with Crippen LogP contribution in [0, 0.1) is 11.2 Å². The van der Waals surface area contributed by atoms with Crippen LogP contribution in [0.3, 0.4) is 0 Å². The van der Waals surface area contributed by atoms with Gasteiger partial charge in [0.25, 0.3) is 5.91 Å². The fourth-order valence-electron chi connectivity index (χ4n) is 2.94. The van der Waals surface area contributed by atoms with Crippen LogP contribution in [0.5, 0.6) is 0 Å². The number of nitrogens with two attached hydrogens (primary N) is 1. The topological polar surface area (TPSA) is 55.1 Å². The average Bonchev–Trinajstić information content (AvgIpc) is 2.75. The van der Waals surface area contributed by atoms with Crippen LogP contribution in [0.2, 0.25) is 0 Å². The van der Waals surface area contributed by atoms with Gasteiger partial charge in [0.05, 0.1) is 5.69 Å². The van der Waals surface area contributed by atoms with Gasteiger partial charge in [0.1, 0.15) is 10.7 Å². The predicted octanol–water partition coefficient (Wildman–Crippen LogP) is 3.93. The molecule has 1 fully saturated rings. The molecule has 1 aliphatic rings. The molecular weight excluding hydrogens is 287 g/mol. The van der Waals surface area contributed by atoms with Crippen molar-refractivity contribution in [2.24, 2.45) is 5.41 Å². The molecule has 0 bridgehead atoms. The molecule has 0 radical (unpaired) electrons. The van der Waals surface area contributed by atoms with E-state index in [2.05, 4.69) is 12.2 Å². The molecule has 1 aliphatic carbocycles. The summed E-state index contributed by atoms with van der Waals surface area (Å²) in [7, 11) is 0. The van der Waals surface area contributed by atoms with E-state index in [1.165, 1.54) is 42.7 Å². The number of thiophene rings is 1. The van der Waals surface area contributed by atoms with E-state index in [-0.39, 0.29) is 17.1 Å². The summed E-state index contributed by atoms with van der Waals surface area (Å²) < 4.78 is 14.1. The van der Waals surface area contributed by atoms with Crippen molar-refractivity contribution >= 4 is 33.0 Å². The number of benzene rings is 1. The van der Waals surface area contributed by atoms with Crippen molar-refractivity contribution in [1.29, 1.82) is 0 Å². The third kappa shape index (κ3) is 2.50. The molecule has 1 aromatic heterocycles. The van der Waals surface area contributed by atoms with Crippen LogP contribution in [0.15, 0.2) is 18.2 Å². The fourth-order valence-corrected chi connectivity index (χ4v) is 3.96. The number of nitrogen functional groups attached to an aromatic ring is 1. The first kappa shape index (κ1) is 14.3. The van der Waals surface area contributed by atoms with Gasteiger partial charge >= 0.3 is 0 Å². The van der Waals surface area contributed by atoms with Crippen LogP contribution in [0.1, 0.15) is 42.3 Å². The van der Waals surface area contributed by atoms with Gasteiger partial charge in [-0.3, -0.25) is 4.79 Å². The Labute approximate surface area is 127 Å². The highest BCUT2D eigenvalue weighted by Crippen LogP contribution is 2.43. The minimum Gasteiger partial charge on any atom is -0.397 e. The molecule has 3 nitrogen and oxygen atoms in total. The minimum absolute atomic E-state index is 0.145. The molecule has 0 atom stereocenters. The quantitative estimate of drug-likeness (QED) is 0.899. The lowest BCUT2D eigenvalue weighted by Gasteiger charge is -2.41. The first-order valence-electron chi connectivity index (χ1n) is 7.30. The molecule has 112 valence electrons. The van der Waals surface area contributed by atoms with Crippen molar-refractivity contribution in [3.05, 3.63) is 28.9 Å². The monoisotopic (exact) mass is 306 g/mol. The number of halogens is 1. The summed E-state index contributed by atoms with van der Waals surface area (Å²) >= 11 is 1.32. The maximum Gasteiger partial charge on any atom is 0.263 e. The SMILES string of the molecule is CCC1(CNC(=O)c2sc3ccc(F)cc3c2N)CCC1. The van der Waals surface area contributed by atoms with Gasteiger partial charge in [-0.25, -0.2) is 4.39 Å². The van der Waals surface area contributed by atoms with Gasteiger partial charge in [-0.2, -0.15) is 0 Å². The lowest BCUT2D eigenvalue weighted by Crippen LogP contribution is -2.41. The summed E-state index contributed by atoms with van der Waals surface area (Å²) in [4.78, 5) is 12.8. The molecule has 3 rings (SSSR count). The van der Waals surface area contributed by atoms with Gasteiger partial charge in [-0.05, 0) is 42.9 Å².